The summed E-state index contributed by atoms with van der Waals surface area (Å²) < 4.78 is 5.66. The summed E-state index contributed by atoms with van der Waals surface area (Å²) in [5.41, 5.74) is 0.583. The highest BCUT2D eigenvalue weighted by Crippen LogP contribution is 2.14. The maximum absolute atomic E-state index is 11.4. The van der Waals surface area contributed by atoms with Gasteiger partial charge >= 0.3 is 5.97 Å². The standard InChI is InChI=1S/C10H9BrN4O2/c1-2-17-10(16)9-13-8(14-15-9)7-4-3-6(11)5-12-7/h3-5H,2H2,1H3,(H,13,14,15). The molecule has 0 spiro atoms. The van der Waals surface area contributed by atoms with Crippen LogP contribution in [0.25, 0.3) is 11.5 Å². The number of esters is 1. The number of hydrogen-bond acceptors (Lipinski definition) is 5. The van der Waals surface area contributed by atoms with Crippen molar-refractivity contribution in [3.63, 3.8) is 0 Å². The molecule has 0 aliphatic heterocycles. The number of aromatic amines is 1. The number of aromatic nitrogens is 4. The fourth-order valence-corrected chi connectivity index (χ4v) is 1.41. The van der Waals surface area contributed by atoms with Crippen LogP contribution in [0.4, 0.5) is 0 Å². The fraction of sp³-hybridized carbons (Fsp3) is 0.200. The quantitative estimate of drug-likeness (QED) is 0.874. The average Bonchev–Trinajstić information content (AvgIpc) is 2.80. The number of rotatable bonds is 3. The Labute approximate surface area is 106 Å². The second kappa shape index (κ2) is 5.05. The van der Waals surface area contributed by atoms with Crippen LogP contribution in [0, 0.1) is 0 Å². The molecular formula is C10H9BrN4O2. The Balaban J connectivity index is 2.23. The molecule has 0 radical (unpaired) electrons. The number of H-pyrrole nitrogens is 1. The van der Waals surface area contributed by atoms with Crippen LogP contribution in [-0.4, -0.2) is 32.7 Å². The van der Waals surface area contributed by atoms with E-state index < -0.39 is 5.97 Å². The zero-order chi connectivity index (χ0) is 12.3. The Hall–Kier alpha value is -1.76. The van der Waals surface area contributed by atoms with Crippen LogP contribution in [0.2, 0.25) is 0 Å². The molecule has 6 nitrogen and oxygen atoms in total. The average molecular weight is 297 g/mol. The molecule has 0 saturated carbocycles. The highest BCUT2D eigenvalue weighted by molar-refractivity contribution is 9.10. The molecule has 17 heavy (non-hydrogen) atoms. The lowest BCUT2D eigenvalue weighted by atomic mass is 10.3. The number of carbonyl (C=O) groups is 1. The second-order valence-corrected chi connectivity index (χ2v) is 4.01. The predicted molar refractivity (Wildman–Crippen MR) is 63.3 cm³/mol. The van der Waals surface area contributed by atoms with Crippen molar-refractivity contribution < 1.29 is 9.53 Å². The third kappa shape index (κ3) is 2.68. The molecular weight excluding hydrogens is 288 g/mol. The number of hydrogen-bond donors (Lipinski definition) is 1. The molecule has 88 valence electrons. The molecule has 2 aromatic heterocycles. The third-order valence-electron chi connectivity index (χ3n) is 1.91. The highest BCUT2D eigenvalue weighted by Gasteiger charge is 2.14. The summed E-state index contributed by atoms with van der Waals surface area (Å²) in [6.07, 6.45) is 1.63. The monoisotopic (exact) mass is 296 g/mol. The second-order valence-electron chi connectivity index (χ2n) is 3.09. The number of nitrogens with zero attached hydrogens (tertiary/aromatic N) is 3. The number of pyridine rings is 1. The first-order valence-corrected chi connectivity index (χ1v) is 5.71. The van der Waals surface area contributed by atoms with Crippen LogP contribution >= 0.6 is 15.9 Å². The van der Waals surface area contributed by atoms with Crippen LogP contribution in [-0.2, 0) is 4.74 Å². The van der Waals surface area contributed by atoms with E-state index in [1.54, 1.807) is 19.2 Å². The summed E-state index contributed by atoms with van der Waals surface area (Å²) in [5, 5.41) is 6.42. The molecule has 7 heteroatoms. The van der Waals surface area contributed by atoms with Gasteiger partial charge in [-0.05, 0) is 35.0 Å². The topological polar surface area (TPSA) is 80.8 Å². The van der Waals surface area contributed by atoms with Gasteiger partial charge in [-0.1, -0.05) is 0 Å². The normalized spacial score (nSPS) is 10.2. The minimum atomic E-state index is -0.525. The first kappa shape index (κ1) is 11.7. The van der Waals surface area contributed by atoms with Crippen LogP contribution < -0.4 is 0 Å². The molecule has 2 rings (SSSR count). The smallest absolute Gasteiger partial charge is 0.375 e. The van der Waals surface area contributed by atoms with Crippen molar-refractivity contribution in [3.05, 3.63) is 28.6 Å². The van der Waals surface area contributed by atoms with Gasteiger partial charge in [0.15, 0.2) is 5.82 Å². The number of nitrogens with one attached hydrogen (secondary N) is 1. The van der Waals surface area contributed by atoms with Gasteiger partial charge in [-0.3, -0.25) is 10.1 Å². The Morgan fingerprint density at radius 1 is 1.53 bits per heavy atom. The Morgan fingerprint density at radius 3 is 3.00 bits per heavy atom. The van der Waals surface area contributed by atoms with Crippen molar-refractivity contribution in [2.75, 3.05) is 6.61 Å². The van der Waals surface area contributed by atoms with E-state index in [4.69, 9.17) is 4.74 Å². The molecule has 0 saturated heterocycles. The predicted octanol–water partition coefficient (Wildman–Crippen LogP) is 1.81. The van der Waals surface area contributed by atoms with E-state index in [9.17, 15) is 4.79 Å². The summed E-state index contributed by atoms with van der Waals surface area (Å²) in [4.78, 5) is 19.5. The molecule has 0 atom stereocenters. The van der Waals surface area contributed by atoms with E-state index in [0.29, 0.717) is 18.1 Å². The van der Waals surface area contributed by atoms with E-state index in [-0.39, 0.29) is 5.82 Å². The lowest BCUT2D eigenvalue weighted by Crippen LogP contribution is -2.06. The van der Waals surface area contributed by atoms with Crippen molar-refractivity contribution in [2.45, 2.75) is 6.92 Å². The minimum absolute atomic E-state index is 0.0755. The van der Waals surface area contributed by atoms with Crippen molar-refractivity contribution in [2.24, 2.45) is 0 Å². The molecule has 0 aliphatic rings. The van der Waals surface area contributed by atoms with E-state index in [2.05, 4.69) is 36.1 Å². The molecule has 0 fully saturated rings. The minimum Gasteiger partial charge on any atom is -0.460 e. The lowest BCUT2D eigenvalue weighted by Gasteiger charge is -1.95. The van der Waals surface area contributed by atoms with Gasteiger partial charge in [0.2, 0.25) is 5.82 Å². The first-order chi connectivity index (χ1) is 8.20. The number of carbonyl (C=O) groups excluding carboxylic acids is 1. The van der Waals surface area contributed by atoms with Gasteiger partial charge in [0.25, 0.3) is 0 Å². The molecule has 0 amide bonds. The summed E-state index contributed by atoms with van der Waals surface area (Å²) in [7, 11) is 0. The van der Waals surface area contributed by atoms with Gasteiger partial charge in [-0.2, -0.15) is 10.1 Å². The molecule has 2 aromatic rings. The van der Waals surface area contributed by atoms with Crippen molar-refractivity contribution >= 4 is 21.9 Å². The van der Waals surface area contributed by atoms with Crippen LogP contribution in [0.5, 0.6) is 0 Å². The van der Waals surface area contributed by atoms with Gasteiger partial charge in [0.1, 0.15) is 5.69 Å². The molecule has 2 heterocycles. The first-order valence-electron chi connectivity index (χ1n) is 4.92. The summed E-state index contributed by atoms with van der Waals surface area (Å²) in [6.45, 7) is 2.02. The van der Waals surface area contributed by atoms with Crippen molar-refractivity contribution in [3.8, 4) is 11.5 Å². The summed E-state index contributed by atoms with van der Waals surface area (Å²) in [6, 6.07) is 3.57. The van der Waals surface area contributed by atoms with E-state index >= 15 is 0 Å². The van der Waals surface area contributed by atoms with Gasteiger partial charge < -0.3 is 4.74 Å². The molecule has 0 aromatic carbocycles. The van der Waals surface area contributed by atoms with E-state index in [0.717, 1.165) is 4.47 Å². The maximum Gasteiger partial charge on any atom is 0.375 e. The van der Waals surface area contributed by atoms with E-state index in [1.165, 1.54) is 0 Å². The molecule has 1 N–H and O–H groups in total. The van der Waals surface area contributed by atoms with Gasteiger partial charge in [0.05, 0.1) is 6.61 Å². The maximum atomic E-state index is 11.4. The lowest BCUT2D eigenvalue weighted by molar-refractivity contribution is 0.0512. The van der Waals surface area contributed by atoms with Crippen LogP contribution in [0.3, 0.4) is 0 Å². The Morgan fingerprint density at radius 2 is 2.35 bits per heavy atom. The van der Waals surface area contributed by atoms with Gasteiger partial charge in [-0.25, -0.2) is 4.79 Å². The molecule has 0 unspecified atom stereocenters. The number of ether oxygens (including phenoxy) is 1. The largest absolute Gasteiger partial charge is 0.460 e. The Bertz CT molecular complexity index is 523. The Kier molecular flexibility index (Phi) is 3.48. The van der Waals surface area contributed by atoms with Gasteiger partial charge in [0, 0.05) is 10.7 Å². The van der Waals surface area contributed by atoms with Crippen molar-refractivity contribution in [1.82, 2.24) is 20.2 Å². The fourth-order valence-electron chi connectivity index (χ4n) is 1.18. The van der Waals surface area contributed by atoms with Crippen LogP contribution in [0.15, 0.2) is 22.8 Å². The van der Waals surface area contributed by atoms with E-state index in [1.807, 2.05) is 6.07 Å². The van der Waals surface area contributed by atoms with Crippen LogP contribution in [0.1, 0.15) is 17.5 Å². The molecule has 0 aliphatic carbocycles. The summed E-state index contributed by atoms with van der Waals surface area (Å²) >= 11 is 3.28. The highest BCUT2D eigenvalue weighted by atomic mass is 79.9. The third-order valence-corrected chi connectivity index (χ3v) is 2.38. The molecule has 0 bridgehead atoms. The SMILES string of the molecule is CCOC(=O)c1nc(-c2ccc(Br)cn2)n[nH]1. The number of halogens is 1. The zero-order valence-corrected chi connectivity index (χ0v) is 10.6. The van der Waals surface area contributed by atoms with Crippen molar-refractivity contribution in [1.29, 1.82) is 0 Å². The zero-order valence-electron chi connectivity index (χ0n) is 8.98. The summed E-state index contributed by atoms with van der Waals surface area (Å²) in [5.74, 6) is -0.0875. The van der Waals surface area contributed by atoms with Gasteiger partial charge in [-0.15, -0.1) is 0 Å².